The molecular weight excluding hydrogens is 444 g/mol. The molecule has 1 aromatic carbocycles. The first-order valence-electron chi connectivity index (χ1n) is 8.97. The molecule has 144 valence electrons. The highest BCUT2D eigenvalue weighted by Crippen LogP contribution is 2.33. The van der Waals surface area contributed by atoms with Crippen LogP contribution in [0.3, 0.4) is 0 Å². The molecule has 1 aliphatic heterocycles. The Bertz CT molecular complexity index is 1120. The molecule has 0 unspecified atom stereocenters. The second-order valence-electron chi connectivity index (χ2n) is 6.77. The number of carbonyl (C=O) groups is 1. The third-order valence-corrected chi connectivity index (χ3v) is 6.13. The SMILES string of the molecule is O=C1CC[C@@H](CNCc2cnc3cc(-c4cccc(Br)c4Cl)ccn3c2=O)N1. The average Bonchev–Trinajstić information content (AvgIpc) is 3.11. The lowest BCUT2D eigenvalue weighted by molar-refractivity contribution is -0.119. The molecule has 3 aromatic rings. The molecule has 1 amide bonds. The number of fused-ring (bicyclic) bond motifs is 1. The van der Waals surface area contributed by atoms with E-state index in [0.717, 1.165) is 22.0 Å². The number of pyridine rings is 1. The number of aromatic nitrogens is 2. The summed E-state index contributed by atoms with van der Waals surface area (Å²) in [6.45, 7) is 1.04. The van der Waals surface area contributed by atoms with Crippen LogP contribution in [0.15, 0.2) is 52.0 Å². The fraction of sp³-hybridized carbons (Fsp3) is 0.250. The zero-order valence-electron chi connectivity index (χ0n) is 14.9. The third-order valence-electron chi connectivity index (χ3n) is 4.83. The highest BCUT2D eigenvalue weighted by Gasteiger charge is 2.20. The number of hydrogen-bond donors (Lipinski definition) is 2. The Hall–Kier alpha value is -2.22. The first-order valence-corrected chi connectivity index (χ1v) is 10.1. The van der Waals surface area contributed by atoms with Gasteiger partial charge in [0.25, 0.3) is 5.56 Å². The van der Waals surface area contributed by atoms with Gasteiger partial charge in [-0.25, -0.2) is 4.98 Å². The van der Waals surface area contributed by atoms with Crippen molar-refractivity contribution in [2.75, 3.05) is 6.54 Å². The summed E-state index contributed by atoms with van der Waals surface area (Å²) in [5.74, 6) is 0.0839. The Balaban J connectivity index is 1.55. The minimum absolute atomic E-state index is 0.0839. The molecule has 4 rings (SSSR count). The molecule has 0 spiro atoms. The molecule has 8 heteroatoms. The molecule has 6 nitrogen and oxygen atoms in total. The Morgan fingerprint density at radius 1 is 1.32 bits per heavy atom. The van der Waals surface area contributed by atoms with Crippen molar-refractivity contribution in [2.24, 2.45) is 0 Å². The van der Waals surface area contributed by atoms with Gasteiger partial charge < -0.3 is 10.6 Å². The standard InChI is InChI=1S/C20H18BrClN4O2/c21-16-3-1-2-15(19(16)22)12-6-7-26-17(8-12)24-10-13(20(26)28)9-23-11-14-4-5-18(27)25-14/h1-3,6-8,10,14,23H,4-5,9,11H2,(H,25,27)/t14-/m0/s1. The third kappa shape index (κ3) is 3.83. The van der Waals surface area contributed by atoms with E-state index < -0.39 is 0 Å². The quantitative estimate of drug-likeness (QED) is 0.612. The molecule has 0 saturated carbocycles. The predicted octanol–water partition coefficient (Wildman–Crippen LogP) is 3.15. The highest BCUT2D eigenvalue weighted by atomic mass is 79.9. The first kappa shape index (κ1) is 19.1. The molecule has 0 aliphatic carbocycles. The molecule has 2 N–H and O–H groups in total. The summed E-state index contributed by atoms with van der Waals surface area (Å²) in [5.41, 5.74) is 2.79. The van der Waals surface area contributed by atoms with Gasteiger partial charge in [0.1, 0.15) is 5.65 Å². The van der Waals surface area contributed by atoms with Crippen molar-refractivity contribution in [2.45, 2.75) is 25.4 Å². The number of rotatable bonds is 5. The molecule has 1 fully saturated rings. The maximum Gasteiger partial charge on any atom is 0.262 e. The summed E-state index contributed by atoms with van der Waals surface area (Å²) in [6.07, 6.45) is 4.71. The van der Waals surface area contributed by atoms with E-state index in [1.165, 1.54) is 4.40 Å². The number of nitrogens with zero attached hydrogens (tertiary/aromatic N) is 2. The number of amides is 1. The fourth-order valence-corrected chi connectivity index (χ4v) is 3.94. The Kier molecular flexibility index (Phi) is 5.48. The predicted molar refractivity (Wildman–Crippen MR) is 112 cm³/mol. The lowest BCUT2D eigenvalue weighted by Crippen LogP contribution is -2.36. The summed E-state index contributed by atoms with van der Waals surface area (Å²) in [7, 11) is 0. The largest absolute Gasteiger partial charge is 0.352 e. The van der Waals surface area contributed by atoms with Gasteiger partial charge in [-0.2, -0.15) is 0 Å². The van der Waals surface area contributed by atoms with Crippen LogP contribution in [-0.2, 0) is 11.3 Å². The van der Waals surface area contributed by atoms with Crippen molar-refractivity contribution < 1.29 is 4.79 Å². The zero-order chi connectivity index (χ0) is 19.7. The van der Waals surface area contributed by atoms with Crippen LogP contribution in [-0.4, -0.2) is 27.9 Å². The summed E-state index contributed by atoms with van der Waals surface area (Å²) >= 11 is 9.82. The lowest BCUT2D eigenvalue weighted by atomic mass is 10.1. The van der Waals surface area contributed by atoms with Crippen LogP contribution in [0.4, 0.5) is 0 Å². The molecule has 28 heavy (non-hydrogen) atoms. The zero-order valence-corrected chi connectivity index (χ0v) is 17.3. The van der Waals surface area contributed by atoms with E-state index in [1.54, 1.807) is 12.4 Å². The minimum Gasteiger partial charge on any atom is -0.352 e. The van der Waals surface area contributed by atoms with Gasteiger partial charge in [0.05, 0.1) is 5.02 Å². The molecule has 0 radical (unpaired) electrons. The minimum atomic E-state index is -0.111. The summed E-state index contributed by atoms with van der Waals surface area (Å²) in [4.78, 5) is 28.4. The van der Waals surface area contributed by atoms with E-state index in [9.17, 15) is 9.59 Å². The maximum absolute atomic E-state index is 12.8. The Morgan fingerprint density at radius 3 is 2.96 bits per heavy atom. The maximum atomic E-state index is 12.8. The fourth-order valence-electron chi connectivity index (χ4n) is 3.34. The average molecular weight is 462 g/mol. The van der Waals surface area contributed by atoms with E-state index in [0.29, 0.717) is 35.7 Å². The number of hydrogen-bond acceptors (Lipinski definition) is 4. The Labute approximate surface area is 175 Å². The van der Waals surface area contributed by atoms with Gasteiger partial charge in [-0.15, -0.1) is 0 Å². The van der Waals surface area contributed by atoms with E-state index in [-0.39, 0.29) is 17.5 Å². The van der Waals surface area contributed by atoms with Gasteiger partial charge in [-0.05, 0) is 46.1 Å². The van der Waals surface area contributed by atoms with Crippen LogP contribution in [0.25, 0.3) is 16.8 Å². The topological polar surface area (TPSA) is 75.5 Å². The molecule has 1 saturated heterocycles. The summed E-state index contributed by atoms with van der Waals surface area (Å²) in [6, 6.07) is 9.55. The highest BCUT2D eigenvalue weighted by molar-refractivity contribution is 9.10. The molecule has 1 atom stereocenters. The Morgan fingerprint density at radius 2 is 2.18 bits per heavy atom. The van der Waals surface area contributed by atoms with Crippen molar-refractivity contribution >= 4 is 39.1 Å². The van der Waals surface area contributed by atoms with Crippen molar-refractivity contribution in [3.05, 3.63) is 68.1 Å². The van der Waals surface area contributed by atoms with Crippen molar-refractivity contribution in [1.29, 1.82) is 0 Å². The summed E-state index contributed by atoms with van der Waals surface area (Å²) < 4.78 is 2.35. The molecular formula is C20H18BrClN4O2. The first-order chi connectivity index (χ1) is 13.5. The van der Waals surface area contributed by atoms with Gasteiger partial charge in [0.2, 0.25) is 5.91 Å². The van der Waals surface area contributed by atoms with Crippen LogP contribution >= 0.6 is 27.5 Å². The monoisotopic (exact) mass is 460 g/mol. The summed E-state index contributed by atoms with van der Waals surface area (Å²) in [5, 5.41) is 6.75. The normalized spacial score (nSPS) is 16.5. The van der Waals surface area contributed by atoms with E-state index >= 15 is 0 Å². The number of benzene rings is 1. The van der Waals surface area contributed by atoms with Gasteiger partial charge in [-0.3, -0.25) is 14.0 Å². The van der Waals surface area contributed by atoms with Gasteiger partial charge >= 0.3 is 0 Å². The van der Waals surface area contributed by atoms with Crippen LogP contribution in [0.2, 0.25) is 5.02 Å². The van der Waals surface area contributed by atoms with Crippen LogP contribution in [0.5, 0.6) is 0 Å². The van der Waals surface area contributed by atoms with E-state index in [2.05, 4.69) is 31.5 Å². The lowest BCUT2D eigenvalue weighted by Gasteiger charge is -2.12. The second kappa shape index (κ2) is 8.03. The van der Waals surface area contributed by atoms with E-state index in [1.807, 2.05) is 30.3 Å². The van der Waals surface area contributed by atoms with Gasteiger partial charge in [0.15, 0.2) is 0 Å². The van der Waals surface area contributed by atoms with Gasteiger partial charge in [-0.1, -0.05) is 23.7 Å². The molecule has 2 aromatic heterocycles. The van der Waals surface area contributed by atoms with Crippen LogP contribution in [0.1, 0.15) is 18.4 Å². The van der Waals surface area contributed by atoms with Crippen LogP contribution in [0, 0.1) is 0 Å². The van der Waals surface area contributed by atoms with Gasteiger partial charge in [0, 0.05) is 53.5 Å². The molecule has 0 bridgehead atoms. The molecule has 3 heterocycles. The van der Waals surface area contributed by atoms with E-state index in [4.69, 9.17) is 11.6 Å². The van der Waals surface area contributed by atoms with Crippen molar-refractivity contribution in [3.63, 3.8) is 0 Å². The second-order valence-corrected chi connectivity index (χ2v) is 8.00. The number of nitrogens with one attached hydrogen (secondary N) is 2. The number of halogens is 2. The van der Waals surface area contributed by atoms with Crippen LogP contribution < -0.4 is 16.2 Å². The smallest absolute Gasteiger partial charge is 0.262 e. The molecule has 1 aliphatic rings. The van der Waals surface area contributed by atoms with Crippen molar-refractivity contribution in [1.82, 2.24) is 20.0 Å². The number of carbonyl (C=O) groups excluding carboxylic acids is 1. The van der Waals surface area contributed by atoms with Crippen molar-refractivity contribution in [3.8, 4) is 11.1 Å².